The lowest BCUT2D eigenvalue weighted by atomic mass is 10.1. The number of hydrogen-bond acceptors (Lipinski definition) is 2. The third kappa shape index (κ3) is 3.03. The highest BCUT2D eigenvalue weighted by molar-refractivity contribution is 6.33. The van der Waals surface area contributed by atoms with E-state index in [-0.39, 0.29) is 5.91 Å². The van der Waals surface area contributed by atoms with Crippen LogP contribution in [-0.4, -0.2) is 11.0 Å². The Morgan fingerprint density at radius 3 is 2.63 bits per heavy atom. The van der Waals surface area contributed by atoms with Gasteiger partial charge in [0.15, 0.2) is 7.05 Å². The van der Waals surface area contributed by atoms with Crippen molar-refractivity contribution >= 4 is 34.8 Å². The Morgan fingerprint density at radius 2 is 1.95 bits per heavy atom. The van der Waals surface area contributed by atoms with E-state index in [1.54, 1.807) is 19.2 Å². The molecule has 1 aromatic heterocycles. The van der Waals surface area contributed by atoms with E-state index in [9.17, 15) is 4.79 Å². The van der Waals surface area contributed by atoms with Gasteiger partial charge in [0.05, 0.1) is 0 Å². The molecule has 1 aromatic carbocycles. The molecule has 1 heterocycles. The molecule has 0 aliphatic carbocycles. The SMILES string of the molecule is CC(=O)Nc1ccccc1-c1cc(Cl)[n+](C)nc1Cl. The Bertz CT molecular complexity index is 644. The predicted molar refractivity (Wildman–Crippen MR) is 75.2 cm³/mol. The van der Waals surface area contributed by atoms with Gasteiger partial charge in [0.2, 0.25) is 11.1 Å². The Balaban J connectivity index is 2.59. The van der Waals surface area contributed by atoms with Crippen LogP contribution >= 0.6 is 23.2 Å². The van der Waals surface area contributed by atoms with Gasteiger partial charge in [-0.15, -0.1) is 0 Å². The number of nitrogens with zero attached hydrogens (tertiary/aromatic N) is 2. The molecule has 98 valence electrons. The highest BCUT2D eigenvalue weighted by Gasteiger charge is 2.16. The first-order valence-electron chi connectivity index (χ1n) is 5.58. The van der Waals surface area contributed by atoms with Crippen molar-refractivity contribution in [1.82, 2.24) is 5.10 Å². The lowest BCUT2D eigenvalue weighted by molar-refractivity contribution is -0.728. The van der Waals surface area contributed by atoms with Crippen molar-refractivity contribution in [3.05, 3.63) is 40.6 Å². The summed E-state index contributed by atoms with van der Waals surface area (Å²) in [4.78, 5) is 11.2. The Labute approximate surface area is 121 Å². The highest BCUT2D eigenvalue weighted by Crippen LogP contribution is 2.32. The molecule has 0 spiro atoms. The zero-order valence-electron chi connectivity index (χ0n) is 10.4. The number of rotatable bonds is 2. The number of halogens is 2. The molecule has 2 aromatic rings. The van der Waals surface area contributed by atoms with Crippen molar-refractivity contribution in [1.29, 1.82) is 0 Å². The van der Waals surface area contributed by atoms with Crippen LogP contribution in [0.15, 0.2) is 30.3 Å². The van der Waals surface area contributed by atoms with E-state index in [1.807, 2.05) is 18.2 Å². The summed E-state index contributed by atoms with van der Waals surface area (Å²) < 4.78 is 1.48. The molecule has 2 rings (SSSR count). The molecule has 6 heteroatoms. The number of amides is 1. The quantitative estimate of drug-likeness (QED) is 0.866. The van der Waals surface area contributed by atoms with E-state index in [0.717, 1.165) is 5.56 Å². The topological polar surface area (TPSA) is 45.9 Å². The summed E-state index contributed by atoms with van der Waals surface area (Å²) in [5, 5.41) is 7.64. The fourth-order valence-electron chi connectivity index (χ4n) is 1.71. The molecule has 1 amide bonds. The third-order valence-corrected chi connectivity index (χ3v) is 3.19. The Kier molecular flexibility index (Phi) is 4.02. The molecule has 0 fully saturated rings. The highest BCUT2D eigenvalue weighted by atomic mass is 35.5. The van der Waals surface area contributed by atoms with Crippen molar-refractivity contribution < 1.29 is 9.48 Å². The first-order valence-corrected chi connectivity index (χ1v) is 6.34. The van der Waals surface area contributed by atoms with Crippen LogP contribution in [0.2, 0.25) is 10.3 Å². The number of anilines is 1. The summed E-state index contributed by atoms with van der Waals surface area (Å²) in [6, 6.07) is 9.06. The maximum Gasteiger partial charge on any atom is 0.300 e. The molecular weight excluding hydrogens is 285 g/mol. The summed E-state index contributed by atoms with van der Waals surface area (Å²) in [6.45, 7) is 1.45. The van der Waals surface area contributed by atoms with Gasteiger partial charge in [-0.1, -0.05) is 34.5 Å². The molecule has 4 nitrogen and oxygen atoms in total. The van der Waals surface area contributed by atoms with Crippen LogP contribution in [0.4, 0.5) is 5.69 Å². The molecule has 0 aliphatic heterocycles. The molecule has 0 radical (unpaired) electrons. The van der Waals surface area contributed by atoms with Crippen LogP contribution in [-0.2, 0) is 11.8 Å². The van der Waals surface area contributed by atoms with Gasteiger partial charge in [0.25, 0.3) is 0 Å². The van der Waals surface area contributed by atoms with Gasteiger partial charge < -0.3 is 5.32 Å². The average molecular weight is 297 g/mol. The second-order valence-electron chi connectivity index (χ2n) is 4.02. The normalized spacial score (nSPS) is 10.3. The van der Waals surface area contributed by atoms with Crippen LogP contribution < -0.4 is 10.00 Å². The molecule has 0 aliphatic rings. The first kappa shape index (κ1) is 13.8. The smallest absolute Gasteiger partial charge is 0.300 e. The fraction of sp³-hybridized carbons (Fsp3) is 0.154. The van der Waals surface area contributed by atoms with E-state index >= 15 is 0 Å². The summed E-state index contributed by atoms with van der Waals surface area (Å²) >= 11 is 12.2. The number of carbonyl (C=O) groups is 1. The predicted octanol–water partition coefficient (Wildman–Crippen LogP) is 2.84. The van der Waals surface area contributed by atoms with Crippen molar-refractivity contribution in [2.45, 2.75) is 6.92 Å². The van der Waals surface area contributed by atoms with Crippen LogP contribution in [0.3, 0.4) is 0 Å². The van der Waals surface area contributed by atoms with Crippen LogP contribution in [0.25, 0.3) is 11.1 Å². The van der Waals surface area contributed by atoms with E-state index in [0.29, 0.717) is 21.6 Å². The van der Waals surface area contributed by atoms with Gasteiger partial charge in [-0.3, -0.25) is 4.79 Å². The summed E-state index contributed by atoms with van der Waals surface area (Å²) in [5.41, 5.74) is 2.12. The number of para-hydroxylation sites is 1. The molecule has 0 saturated heterocycles. The maximum absolute atomic E-state index is 11.2. The van der Waals surface area contributed by atoms with Gasteiger partial charge in [-0.05, 0) is 17.7 Å². The van der Waals surface area contributed by atoms with Crippen LogP contribution in [0.1, 0.15) is 6.92 Å². The zero-order chi connectivity index (χ0) is 14.0. The molecule has 0 bridgehead atoms. The molecule has 0 unspecified atom stereocenters. The van der Waals surface area contributed by atoms with Crippen LogP contribution in [0, 0.1) is 0 Å². The number of hydrogen-bond donors (Lipinski definition) is 1. The summed E-state index contributed by atoms with van der Waals surface area (Å²) in [7, 11) is 1.71. The minimum Gasteiger partial charge on any atom is -0.326 e. The maximum atomic E-state index is 11.2. The Hall–Kier alpha value is -1.65. The average Bonchev–Trinajstić information content (AvgIpc) is 2.34. The largest absolute Gasteiger partial charge is 0.326 e. The van der Waals surface area contributed by atoms with Crippen LogP contribution in [0.5, 0.6) is 0 Å². The van der Waals surface area contributed by atoms with Crippen molar-refractivity contribution in [3.63, 3.8) is 0 Å². The van der Waals surface area contributed by atoms with Gasteiger partial charge in [0, 0.05) is 34.9 Å². The number of benzene rings is 1. The summed E-state index contributed by atoms with van der Waals surface area (Å²) in [6.07, 6.45) is 0. The number of nitrogens with one attached hydrogen (secondary N) is 1. The Morgan fingerprint density at radius 1 is 1.26 bits per heavy atom. The third-order valence-electron chi connectivity index (χ3n) is 2.56. The minimum atomic E-state index is -0.149. The van der Waals surface area contributed by atoms with E-state index in [2.05, 4.69) is 10.4 Å². The van der Waals surface area contributed by atoms with Gasteiger partial charge in [-0.25, -0.2) is 0 Å². The zero-order valence-corrected chi connectivity index (χ0v) is 12.0. The standard InChI is InChI=1S/C13H11Cl2N3O/c1-8(19)16-11-6-4-3-5-9(11)10-7-12(14)18(2)17-13(10)15/h3-7H,1-2H3/p+1. The van der Waals surface area contributed by atoms with E-state index in [1.165, 1.54) is 11.6 Å². The second-order valence-corrected chi connectivity index (χ2v) is 4.77. The second kappa shape index (κ2) is 5.55. The molecule has 0 atom stereocenters. The molecule has 0 saturated carbocycles. The number of aromatic nitrogens is 2. The van der Waals surface area contributed by atoms with E-state index in [4.69, 9.17) is 23.2 Å². The minimum absolute atomic E-state index is 0.149. The van der Waals surface area contributed by atoms with Crippen molar-refractivity contribution in [3.8, 4) is 11.1 Å². The molecule has 19 heavy (non-hydrogen) atoms. The molecule has 1 N–H and O–H groups in total. The van der Waals surface area contributed by atoms with Crippen molar-refractivity contribution in [2.24, 2.45) is 7.05 Å². The van der Waals surface area contributed by atoms with Crippen molar-refractivity contribution in [2.75, 3.05) is 5.32 Å². The lowest BCUT2D eigenvalue weighted by Gasteiger charge is -2.10. The van der Waals surface area contributed by atoms with Gasteiger partial charge in [-0.2, -0.15) is 0 Å². The van der Waals surface area contributed by atoms with E-state index < -0.39 is 0 Å². The fourth-order valence-corrected chi connectivity index (χ4v) is 2.13. The number of carbonyl (C=O) groups excluding carboxylic acids is 1. The van der Waals surface area contributed by atoms with Gasteiger partial charge >= 0.3 is 5.15 Å². The lowest BCUT2D eigenvalue weighted by Crippen LogP contribution is -2.34. The monoisotopic (exact) mass is 296 g/mol. The molecular formula is C13H12Cl2N3O+. The number of aryl methyl sites for hydroxylation is 1. The summed E-state index contributed by atoms with van der Waals surface area (Å²) in [5.74, 6) is -0.149. The van der Waals surface area contributed by atoms with Gasteiger partial charge in [0.1, 0.15) is 0 Å². The first-order chi connectivity index (χ1) is 8.99.